The second-order valence-electron chi connectivity index (χ2n) is 10.5. The summed E-state index contributed by atoms with van der Waals surface area (Å²) < 4.78 is 12.5. The third kappa shape index (κ3) is 3.54. The van der Waals surface area contributed by atoms with Crippen molar-refractivity contribution in [2.24, 2.45) is 0 Å². The van der Waals surface area contributed by atoms with Gasteiger partial charge in [-0.05, 0) is 65.4 Å². The Labute approximate surface area is 239 Å². The molecule has 6 aromatic carbocycles. The second kappa shape index (κ2) is 8.85. The van der Waals surface area contributed by atoms with Crippen LogP contribution in [0.3, 0.4) is 0 Å². The highest BCUT2D eigenvalue weighted by atomic mass is 16.4. The number of hydrogen-bond acceptors (Lipinski definition) is 5. The van der Waals surface area contributed by atoms with Crippen molar-refractivity contribution in [2.45, 2.75) is 0 Å². The Morgan fingerprint density at radius 1 is 0.429 bits per heavy atom. The normalized spacial score (nSPS) is 11.8. The molecule has 5 heteroatoms. The number of furan rings is 1. The summed E-state index contributed by atoms with van der Waals surface area (Å²) in [4.78, 5) is 15.1. The van der Waals surface area contributed by atoms with Crippen LogP contribution in [0.15, 0.2) is 136 Å². The fraction of sp³-hybridized carbons (Fsp3) is 0. The number of para-hydroxylation sites is 2. The van der Waals surface area contributed by atoms with Crippen LogP contribution in [0.5, 0.6) is 0 Å². The molecule has 0 fully saturated rings. The molecule has 5 nitrogen and oxygen atoms in total. The highest BCUT2D eigenvalue weighted by molar-refractivity contribution is 6.19. The van der Waals surface area contributed by atoms with Crippen molar-refractivity contribution in [3.05, 3.63) is 127 Å². The van der Waals surface area contributed by atoms with Gasteiger partial charge in [0.05, 0.1) is 27.8 Å². The maximum atomic E-state index is 6.32. The van der Waals surface area contributed by atoms with E-state index in [-0.39, 0.29) is 0 Å². The van der Waals surface area contributed by atoms with E-state index in [1.165, 1.54) is 0 Å². The van der Waals surface area contributed by atoms with Crippen molar-refractivity contribution < 1.29 is 8.83 Å². The zero-order valence-electron chi connectivity index (χ0n) is 22.3. The second-order valence-corrected chi connectivity index (χ2v) is 10.5. The van der Waals surface area contributed by atoms with Gasteiger partial charge in [0.2, 0.25) is 5.89 Å². The molecule has 196 valence electrons. The number of oxazole rings is 1. The lowest BCUT2D eigenvalue weighted by Gasteiger charge is -2.11. The topological polar surface area (TPSA) is 65.0 Å². The smallest absolute Gasteiger partial charge is 0.227 e. The first-order valence-corrected chi connectivity index (χ1v) is 13.9. The highest BCUT2D eigenvalue weighted by Crippen LogP contribution is 2.39. The van der Waals surface area contributed by atoms with E-state index in [9.17, 15) is 0 Å². The Bertz CT molecular complexity index is 2460. The van der Waals surface area contributed by atoms with Gasteiger partial charge < -0.3 is 8.83 Å². The fourth-order valence-corrected chi connectivity index (χ4v) is 5.85. The van der Waals surface area contributed by atoms with Crippen LogP contribution in [0.1, 0.15) is 0 Å². The third-order valence-corrected chi connectivity index (χ3v) is 7.86. The van der Waals surface area contributed by atoms with Gasteiger partial charge in [-0.3, -0.25) is 0 Å². The number of rotatable bonds is 3. The van der Waals surface area contributed by atoms with E-state index >= 15 is 0 Å². The van der Waals surface area contributed by atoms with Crippen LogP contribution in [0.25, 0.3) is 88.8 Å². The largest absolute Gasteiger partial charge is 0.456 e. The van der Waals surface area contributed by atoms with Gasteiger partial charge in [-0.15, -0.1) is 0 Å². The van der Waals surface area contributed by atoms with Gasteiger partial charge in [0.25, 0.3) is 0 Å². The van der Waals surface area contributed by atoms with Gasteiger partial charge in [0.1, 0.15) is 16.7 Å². The third-order valence-electron chi connectivity index (χ3n) is 7.86. The van der Waals surface area contributed by atoms with Gasteiger partial charge in [-0.2, -0.15) is 0 Å². The maximum absolute atomic E-state index is 6.32. The average Bonchev–Trinajstić information content (AvgIpc) is 3.65. The zero-order valence-corrected chi connectivity index (χ0v) is 22.3. The Balaban J connectivity index is 1.27. The monoisotopic (exact) mass is 539 g/mol. The Morgan fingerprint density at radius 3 is 1.86 bits per heavy atom. The summed E-state index contributed by atoms with van der Waals surface area (Å²) >= 11 is 0. The first kappa shape index (κ1) is 22.9. The minimum atomic E-state index is 0.596. The fourth-order valence-electron chi connectivity index (χ4n) is 5.85. The predicted octanol–water partition coefficient (Wildman–Crippen LogP) is 9.82. The molecule has 42 heavy (non-hydrogen) atoms. The molecule has 0 radical (unpaired) electrons. The Morgan fingerprint density at radius 2 is 1.10 bits per heavy atom. The van der Waals surface area contributed by atoms with Crippen LogP contribution in [-0.2, 0) is 0 Å². The molecule has 0 unspecified atom stereocenters. The lowest BCUT2D eigenvalue weighted by atomic mass is 9.99. The van der Waals surface area contributed by atoms with Crippen LogP contribution in [-0.4, -0.2) is 15.0 Å². The Kier molecular flexibility index (Phi) is 4.83. The predicted molar refractivity (Wildman–Crippen MR) is 168 cm³/mol. The van der Waals surface area contributed by atoms with Crippen LogP contribution >= 0.6 is 0 Å². The van der Waals surface area contributed by atoms with Gasteiger partial charge in [0.15, 0.2) is 5.58 Å². The molecule has 0 aliphatic heterocycles. The quantitative estimate of drug-likeness (QED) is 0.224. The standard InChI is InChI=1S/C37H21N3O2/c1-3-9-22(10-4-1)34-35(39-29-14-8-7-13-28(29)38-34)25-16-15-24-21-32-27(20-26(24)19-25)33-30(41-32)17-18-31-36(33)40-37(42-31)23-11-5-2-6-12-23/h1-21H. The lowest BCUT2D eigenvalue weighted by Crippen LogP contribution is -1.95. The van der Waals surface area contributed by atoms with Gasteiger partial charge in [0, 0.05) is 22.1 Å². The molecule has 0 N–H and O–H groups in total. The molecule has 0 amide bonds. The van der Waals surface area contributed by atoms with Crippen LogP contribution in [0, 0.1) is 0 Å². The molecule has 0 spiro atoms. The van der Waals surface area contributed by atoms with Crippen molar-refractivity contribution in [2.75, 3.05) is 0 Å². The van der Waals surface area contributed by atoms with Crippen molar-refractivity contribution in [1.82, 2.24) is 15.0 Å². The molecule has 0 aliphatic rings. The zero-order chi connectivity index (χ0) is 27.6. The van der Waals surface area contributed by atoms with E-state index < -0.39 is 0 Å². The number of hydrogen-bond donors (Lipinski definition) is 0. The average molecular weight is 540 g/mol. The van der Waals surface area contributed by atoms with Crippen molar-refractivity contribution in [1.29, 1.82) is 0 Å². The number of nitrogens with zero attached hydrogens (tertiary/aromatic N) is 3. The van der Waals surface area contributed by atoms with E-state index in [2.05, 4.69) is 42.5 Å². The first-order chi connectivity index (χ1) is 20.8. The van der Waals surface area contributed by atoms with E-state index in [1.54, 1.807) is 0 Å². The number of aromatic nitrogens is 3. The number of fused-ring (bicyclic) bond motifs is 7. The van der Waals surface area contributed by atoms with Crippen LogP contribution in [0.2, 0.25) is 0 Å². The summed E-state index contributed by atoms with van der Waals surface area (Å²) in [5, 5.41) is 4.12. The van der Waals surface area contributed by atoms with Gasteiger partial charge in [-0.1, -0.05) is 72.8 Å². The van der Waals surface area contributed by atoms with E-state index in [0.717, 1.165) is 82.9 Å². The molecule has 0 atom stereocenters. The summed E-state index contributed by atoms with van der Waals surface area (Å²) in [5.74, 6) is 0.596. The minimum Gasteiger partial charge on any atom is -0.456 e. The number of benzene rings is 6. The van der Waals surface area contributed by atoms with Crippen LogP contribution < -0.4 is 0 Å². The van der Waals surface area contributed by atoms with Crippen molar-refractivity contribution in [3.63, 3.8) is 0 Å². The van der Waals surface area contributed by atoms with Crippen molar-refractivity contribution >= 4 is 54.8 Å². The SMILES string of the molecule is c1ccc(-c2nc3c(ccc4oc5cc6ccc(-c7nc8ccccc8nc7-c7ccccc7)cc6cc5c43)o2)cc1. The molecule has 0 saturated carbocycles. The summed E-state index contributed by atoms with van der Waals surface area (Å²) in [6.07, 6.45) is 0. The summed E-state index contributed by atoms with van der Waals surface area (Å²) in [5.41, 5.74) is 9.57. The van der Waals surface area contributed by atoms with E-state index in [4.69, 9.17) is 23.8 Å². The molecule has 9 aromatic rings. The van der Waals surface area contributed by atoms with Gasteiger partial charge >= 0.3 is 0 Å². The summed E-state index contributed by atoms with van der Waals surface area (Å²) in [6, 6.07) is 42.8. The molecule has 9 rings (SSSR count). The molecule has 0 saturated heterocycles. The summed E-state index contributed by atoms with van der Waals surface area (Å²) in [7, 11) is 0. The molecule has 3 heterocycles. The molecule has 0 aliphatic carbocycles. The molecule has 0 bridgehead atoms. The van der Waals surface area contributed by atoms with Crippen molar-refractivity contribution in [3.8, 4) is 34.0 Å². The first-order valence-electron chi connectivity index (χ1n) is 13.9. The molecule has 3 aromatic heterocycles. The van der Waals surface area contributed by atoms with Crippen LogP contribution in [0.4, 0.5) is 0 Å². The maximum Gasteiger partial charge on any atom is 0.227 e. The highest BCUT2D eigenvalue weighted by Gasteiger charge is 2.18. The molecular weight excluding hydrogens is 518 g/mol. The Hall–Kier alpha value is -5.81. The lowest BCUT2D eigenvalue weighted by molar-refractivity contribution is 0.619. The van der Waals surface area contributed by atoms with E-state index in [1.807, 2.05) is 84.9 Å². The summed E-state index contributed by atoms with van der Waals surface area (Å²) in [6.45, 7) is 0. The minimum absolute atomic E-state index is 0.596. The van der Waals surface area contributed by atoms with Gasteiger partial charge in [-0.25, -0.2) is 15.0 Å². The molecular formula is C37H21N3O2. The van der Waals surface area contributed by atoms with E-state index in [0.29, 0.717) is 5.89 Å².